The molecule has 0 bridgehead atoms. The average molecular weight is 259 g/mol. The number of rotatable bonds is 3. The second-order valence-electron chi connectivity index (χ2n) is 4.55. The van der Waals surface area contributed by atoms with Crippen LogP contribution in [0, 0.1) is 0 Å². The number of hydrogen-bond donors (Lipinski definition) is 1. The van der Waals surface area contributed by atoms with Gasteiger partial charge in [-0.05, 0) is 22.9 Å². The third kappa shape index (κ3) is 2.79. The summed E-state index contributed by atoms with van der Waals surface area (Å²) in [5.74, 6) is 3.33. The summed E-state index contributed by atoms with van der Waals surface area (Å²) in [5, 5.41) is 5.98. The lowest BCUT2D eigenvalue weighted by Gasteiger charge is -2.23. The standard InChI is InChI=1S/C15H17NOS/c1-2-4-13-9-15(6-5-12(13)3-1)17-10-14-11-18-8-7-16-14/h1-6,9,14,16H,7-8,10-11H2. The number of ether oxygens (including phenoxy) is 1. The van der Waals surface area contributed by atoms with Crippen LogP contribution in [0.4, 0.5) is 0 Å². The largest absolute Gasteiger partial charge is 0.492 e. The molecule has 1 saturated heterocycles. The van der Waals surface area contributed by atoms with Gasteiger partial charge in [-0.1, -0.05) is 30.3 Å². The maximum Gasteiger partial charge on any atom is 0.120 e. The topological polar surface area (TPSA) is 21.3 Å². The fraction of sp³-hybridized carbons (Fsp3) is 0.333. The summed E-state index contributed by atoms with van der Waals surface area (Å²) in [6.07, 6.45) is 0. The van der Waals surface area contributed by atoms with Crippen molar-refractivity contribution < 1.29 is 4.74 Å². The van der Waals surface area contributed by atoms with Crippen LogP contribution in [0.2, 0.25) is 0 Å². The lowest BCUT2D eigenvalue weighted by atomic mass is 10.1. The highest BCUT2D eigenvalue weighted by Gasteiger charge is 2.13. The minimum Gasteiger partial charge on any atom is -0.492 e. The quantitative estimate of drug-likeness (QED) is 0.915. The van der Waals surface area contributed by atoms with E-state index in [4.69, 9.17) is 4.74 Å². The molecule has 1 atom stereocenters. The predicted octanol–water partition coefficient (Wildman–Crippen LogP) is 2.92. The van der Waals surface area contributed by atoms with Crippen LogP contribution in [0.1, 0.15) is 0 Å². The van der Waals surface area contributed by atoms with Crippen LogP contribution in [-0.4, -0.2) is 30.7 Å². The summed E-state index contributed by atoms with van der Waals surface area (Å²) in [4.78, 5) is 0. The fourth-order valence-electron chi connectivity index (χ4n) is 2.18. The summed E-state index contributed by atoms with van der Waals surface area (Å²) in [6, 6.07) is 15.1. The van der Waals surface area contributed by atoms with Crippen molar-refractivity contribution in [3.8, 4) is 5.75 Å². The van der Waals surface area contributed by atoms with Crippen molar-refractivity contribution in [2.24, 2.45) is 0 Å². The van der Waals surface area contributed by atoms with Gasteiger partial charge in [-0.2, -0.15) is 11.8 Å². The molecule has 94 valence electrons. The van der Waals surface area contributed by atoms with Crippen LogP contribution >= 0.6 is 11.8 Å². The number of thioether (sulfide) groups is 1. The molecule has 1 aliphatic heterocycles. The fourth-order valence-corrected chi connectivity index (χ4v) is 3.11. The van der Waals surface area contributed by atoms with Gasteiger partial charge in [0.1, 0.15) is 12.4 Å². The Bertz CT molecular complexity index is 523. The highest BCUT2D eigenvalue weighted by atomic mass is 32.2. The molecule has 0 radical (unpaired) electrons. The number of hydrogen-bond acceptors (Lipinski definition) is 3. The zero-order valence-corrected chi connectivity index (χ0v) is 11.1. The first kappa shape index (κ1) is 11.9. The van der Waals surface area contributed by atoms with Crippen LogP contribution in [0.25, 0.3) is 10.8 Å². The van der Waals surface area contributed by atoms with E-state index in [1.54, 1.807) is 0 Å². The van der Waals surface area contributed by atoms with Crippen molar-refractivity contribution in [3.63, 3.8) is 0 Å². The van der Waals surface area contributed by atoms with Crippen LogP contribution < -0.4 is 10.1 Å². The zero-order chi connectivity index (χ0) is 12.2. The van der Waals surface area contributed by atoms with E-state index in [0.29, 0.717) is 6.04 Å². The average Bonchev–Trinajstić information content (AvgIpc) is 2.46. The molecule has 2 aromatic rings. The molecule has 0 spiro atoms. The Balaban J connectivity index is 1.66. The Morgan fingerprint density at radius 2 is 2.06 bits per heavy atom. The molecule has 0 amide bonds. The molecule has 1 fully saturated rings. The first-order chi connectivity index (χ1) is 8.92. The summed E-state index contributed by atoms with van der Waals surface area (Å²) >= 11 is 2.00. The molecule has 0 aliphatic carbocycles. The van der Waals surface area contributed by atoms with Gasteiger partial charge in [-0.3, -0.25) is 0 Å². The minimum atomic E-state index is 0.482. The van der Waals surface area contributed by atoms with Gasteiger partial charge in [0, 0.05) is 18.1 Å². The first-order valence-corrected chi connectivity index (χ1v) is 7.50. The predicted molar refractivity (Wildman–Crippen MR) is 78.6 cm³/mol. The molecule has 18 heavy (non-hydrogen) atoms. The van der Waals surface area contributed by atoms with Crippen molar-refractivity contribution in [1.82, 2.24) is 5.32 Å². The highest BCUT2D eigenvalue weighted by molar-refractivity contribution is 7.99. The molecule has 2 aromatic carbocycles. The second-order valence-corrected chi connectivity index (χ2v) is 5.70. The van der Waals surface area contributed by atoms with Gasteiger partial charge in [-0.25, -0.2) is 0 Å². The highest BCUT2D eigenvalue weighted by Crippen LogP contribution is 2.21. The van der Waals surface area contributed by atoms with Crippen molar-refractivity contribution >= 4 is 22.5 Å². The molecule has 2 nitrogen and oxygen atoms in total. The van der Waals surface area contributed by atoms with Crippen LogP contribution in [0.5, 0.6) is 5.75 Å². The molecule has 0 aromatic heterocycles. The van der Waals surface area contributed by atoms with Gasteiger partial charge in [-0.15, -0.1) is 0 Å². The van der Waals surface area contributed by atoms with Crippen LogP contribution in [0.15, 0.2) is 42.5 Å². The maximum absolute atomic E-state index is 5.88. The lowest BCUT2D eigenvalue weighted by molar-refractivity contribution is 0.276. The molecular weight excluding hydrogens is 242 g/mol. The van der Waals surface area contributed by atoms with Crippen LogP contribution in [-0.2, 0) is 0 Å². The van der Waals surface area contributed by atoms with E-state index in [1.165, 1.54) is 16.5 Å². The first-order valence-electron chi connectivity index (χ1n) is 6.34. The molecule has 3 rings (SSSR count). The normalized spacial score (nSPS) is 19.9. The van der Waals surface area contributed by atoms with Gasteiger partial charge >= 0.3 is 0 Å². The van der Waals surface area contributed by atoms with E-state index < -0.39 is 0 Å². The zero-order valence-electron chi connectivity index (χ0n) is 10.3. The van der Waals surface area contributed by atoms with Crippen molar-refractivity contribution in [1.29, 1.82) is 0 Å². The monoisotopic (exact) mass is 259 g/mol. The third-order valence-corrected chi connectivity index (χ3v) is 4.30. The minimum absolute atomic E-state index is 0.482. The SMILES string of the molecule is c1ccc2cc(OCC3CSCCN3)ccc2c1. The van der Waals surface area contributed by atoms with Crippen LogP contribution in [0.3, 0.4) is 0 Å². The Kier molecular flexibility index (Phi) is 3.72. The van der Waals surface area contributed by atoms with Gasteiger partial charge in [0.05, 0.1) is 6.04 Å². The Hall–Kier alpha value is -1.19. The second kappa shape index (κ2) is 5.63. The molecule has 0 saturated carbocycles. The Morgan fingerprint density at radius 1 is 1.17 bits per heavy atom. The van der Waals surface area contributed by atoms with Crippen molar-refractivity contribution in [3.05, 3.63) is 42.5 Å². The Morgan fingerprint density at radius 3 is 2.89 bits per heavy atom. The molecular formula is C15H17NOS. The van der Waals surface area contributed by atoms with E-state index >= 15 is 0 Å². The van der Waals surface area contributed by atoms with E-state index in [2.05, 4.69) is 47.8 Å². The molecule has 1 N–H and O–H groups in total. The van der Waals surface area contributed by atoms with Gasteiger partial charge in [0.25, 0.3) is 0 Å². The smallest absolute Gasteiger partial charge is 0.120 e. The molecule has 3 heteroatoms. The van der Waals surface area contributed by atoms with E-state index in [1.807, 2.05) is 11.8 Å². The molecule has 1 aliphatic rings. The summed E-state index contributed by atoms with van der Waals surface area (Å²) in [6.45, 7) is 1.85. The van der Waals surface area contributed by atoms with Gasteiger partial charge in [0.15, 0.2) is 0 Å². The Labute approximate surface area is 112 Å². The summed E-state index contributed by atoms with van der Waals surface area (Å²) < 4.78 is 5.88. The third-order valence-electron chi connectivity index (χ3n) is 3.17. The van der Waals surface area contributed by atoms with Crippen molar-refractivity contribution in [2.75, 3.05) is 24.7 Å². The lowest BCUT2D eigenvalue weighted by Crippen LogP contribution is -2.41. The van der Waals surface area contributed by atoms with E-state index in [-0.39, 0.29) is 0 Å². The molecule has 1 unspecified atom stereocenters. The van der Waals surface area contributed by atoms with Gasteiger partial charge < -0.3 is 10.1 Å². The number of benzene rings is 2. The summed E-state index contributed by atoms with van der Waals surface area (Å²) in [5.41, 5.74) is 0. The number of fused-ring (bicyclic) bond motifs is 1. The van der Waals surface area contributed by atoms with E-state index in [9.17, 15) is 0 Å². The van der Waals surface area contributed by atoms with Crippen molar-refractivity contribution in [2.45, 2.75) is 6.04 Å². The maximum atomic E-state index is 5.88. The van der Waals surface area contributed by atoms with E-state index in [0.717, 1.165) is 24.7 Å². The number of nitrogens with one attached hydrogen (secondary N) is 1. The van der Waals surface area contributed by atoms with Gasteiger partial charge in [0.2, 0.25) is 0 Å². The summed E-state index contributed by atoms with van der Waals surface area (Å²) in [7, 11) is 0. The molecule has 1 heterocycles.